The number of hydrogen-bond donors (Lipinski definition) is 2. The summed E-state index contributed by atoms with van der Waals surface area (Å²) in [6.45, 7) is 0.759. The molecule has 0 unspecified atom stereocenters. The van der Waals surface area contributed by atoms with Gasteiger partial charge in [-0.3, -0.25) is 13.9 Å². The highest BCUT2D eigenvalue weighted by Gasteiger charge is 2.24. The molecule has 0 aromatic heterocycles. The van der Waals surface area contributed by atoms with Gasteiger partial charge in [-0.2, -0.15) is 0 Å². The molecule has 2 N–H and O–H groups in total. The first-order chi connectivity index (χ1) is 13.7. The summed E-state index contributed by atoms with van der Waals surface area (Å²) in [6.07, 6.45) is 3.16. The highest BCUT2D eigenvalue weighted by atomic mass is 35.5. The zero-order chi connectivity index (χ0) is 21.0. The molecule has 0 aliphatic carbocycles. The minimum atomic E-state index is -3.35. The summed E-state index contributed by atoms with van der Waals surface area (Å²) < 4.78 is 25.2. The largest absolute Gasteiger partial charge is 0.347 e. The average molecular weight is 436 g/mol. The number of hydrogen-bond acceptors (Lipinski definition) is 4. The number of rotatable bonds is 5. The van der Waals surface area contributed by atoms with Crippen molar-refractivity contribution in [1.82, 2.24) is 5.32 Å². The fourth-order valence-electron chi connectivity index (χ4n) is 3.22. The molecule has 3 rings (SSSR count). The molecule has 9 heteroatoms. The fraction of sp³-hybridized carbons (Fsp3) is 0.300. The van der Waals surface area contributed by atoms with Crippen LogP contribution in [-0.4, -0.2) is 39.6 Å². The third-order valence-electron chi connectivity index (χ3n) is 4.63. The zero-order valence-electron chi connectivity index (χ0n) is 15.9. The van der Waals surface area contributed by atoms with Crippen LogP contribution in [0.5, 0.6) is 0 Å². The predicted molar refractivity (Wildman–Crippen MR) is 114 cm³/mol. The predicted octanol–water partition coefficient (Wildman–Crippen LogP) is 2.35. The molecule has 0 radical (unpaired) electrons. The number of halogens is 1. The van der Waals surface area contributed by atoms with Gasteiger partial charge in [0, 0.05) is 23.8 Å². The van der Waals surface area contributed by atoms with Gasteiger partial charge in [0.2, 0.25) is 10.0 Å². The fourth-order valence-corrected chi connectivity index (χ4v) is 4.35. The molecule has 154 valence electrons. The van der Waals surface area contributed by atoms with Crippen molar-refractivity contribution in [3.05, 3.63) is 58.6 Å². The van der Waals surface area contributed by atoms with Crippen LogP contribution in [0.4, 0.5) is 11.4 Å². The second-order valence-electron chi connectivity index (χ2n) is 6.87. The van der Waals surface area contributed by atoms with Gasteiger partial charge in [0.05, 0.1) is 11.9 Å². The Bertz CT molecular complexity index is 1020. The number of nitrogens with one attached hydrogen (secondary N) is 2. The molecule has 29 heavy (non-hydrogen) atoms. The van der Waals surface area contributed by atoms with Crippen LogP contribution >= 0.6 is 11.6 Å². The van der Waals surface area contributed by atoms with E-state index >= 15 is 0 Å². The van der Waals surface area contributed by atoms with Gasteiger partial charge in [-0.15, -0.1) is 0 Å². The lowest BCUT2D eigenvalue weighted by Gasteiger charge is -2.29. The molecule has 0 atom stereocenters. The molecule has 2 amide bonds. The van der Waals surface area contributed by atoms with E-state index in [1.165, 1.54) is 10.6 Å². The second-order valence-corrected chi connectivity index (χ2v) is 9.21. The third kappa shape index (κ3) is 5.48. The van der Waals surface area contributed by atoms with Gasteiger partial charge in [0.25, 0.3) is 0 Å². The molecule has 1 aliphatic rings. The van der Waals surface area contributed by atoms with E-state index in [0.29, 0.717) is 48.7 Å². The molecule has 0 saturated heterocycles. The first kappa shape index (κ1) is 21.1. The number of carbonyl (C=O) groups is 2. The Morgan fingerprint density at radius 3 is 2.52 bits per heavy atom. The lowest BCUT2D eigenvalue weighted by Crippen LogP contribution is -2.36. The number of benzene rings is 2. The number of amides is 2. The maximum Gasteiger partial charge on any atom is 0.313 e. The van der Waals surface area contributed by atoms with Crippen molar-refractivity contribution in [2.45, 2.75) is 19.3 Å². The van der Waals surface area contributed by atoms with E-state index in [1.807, 2.05) is 12.1 Å². The minimum Gasteiger partial charge on any atom is -0.347 e. The smallest absolute Gasteiger partial charge is 0.313 e. The lowest BCUT2D eigenvalue weighted by atomic mass is 10.0. The summed E-state index contributed by atoms with van der Waals surface area (Å²) >= 11 is 5.83. The topological polar surface area (TPSA) is 95.6 Å². The van der Waals surface area contributed by atoms with Gasteiger partial charge in [0.15, 0.2) is 0 Å². The molecule has 1 heterocycles. The Morgan fingerprint density at radius 2 is 1.83 bits per heavy atom. The average Bonchev–Trinajstić information content (AvgIpc) is 2.68. The summed E-state index contributed by atoms with van der Waals surface area (Å²) in [5.41, 5.74) is 2.89. The number of carbonyl (C=O) groups excluding carboxylic acids is 2. The molecule has 7 nitrogen and oxygen atoms in total. The van der Waals surface area contributed by atoms with Gasteiger partial charge in [-0.1, -0.05) is 23.7 Å². The van der Waals surface area contributed by atoms with Gasteiger partial charge in [-0.25, -0.2) is 8.42 Å². The Labute approximate surface area is 175 Å². The van der Waals surface area contributed by atoms with E-state index < -0.39 is 21.8 Å². The Morgan fingerprint density at radius 1 is 1.10 bits per heavy atom. The first-order valence-electron chi connectivity index (χ1n) is 9.18. The summed E-state index contributed by atoms with van der Waals surface area (Å²) in [6, 6.07) is 12.2. The van der Waals surface area contributed by atoms with Crippen LogP contribution in [0.1, 0.15) is 17.5 Å². The van der Waals surface area contributed by atoms with Crippen LogP contribution in [0.25, 0.3) is 0 Å². The van der Waals surface area contributed by atoms with E-state index in [1.54, 1.807) is 30.3 Å². The SMILES string of the molecule is CS(=O)(=O)N1CCCc2cc(NC(=O)C(=O)NCCc3ccc(Cl)cc3)ccc21. The number of sulfonamides is 1. The molecule has 0 bridgehead atoms. The van der Waals surface area contributed by atoms with Crippen molar-refractivity contribution in [2.75, 3.05) is 29.0 Å². The second kappa shape index (κ2) is 8.84. The molecule has 2 aromatic rings. The minimum absolute atomic E-state index is 0.321. The van der Waals surface area contributed by atoms with Crippen LogP contribution in [0, 0.1) is 0 Å². The van der Waals surface area contributed by atoms with Crippen molar-refractivity contribution < 1.29 is 18.0 Å². The maximum absolute atomic E-state index is 12.1. The van der Waals surface area contributed by atoms with E-state index in [-0.39, 0.29) is 0 Å². The molecule has 0 spiro atoms. The Kier molecular flexibility index (Phi) is 6.44. The van der Waals surface area contributed by atoms with E-state index in [4.69, 9.17) is 11.6 Å². The van der Waals surface area contributed by atoms with Crippen LogP contribution in [0.2, 0.25) is 5.02 Å². The van der Waals surface area contributed by atoms with E-state index in [9.17, 15) is 18.0 Å². The highest BCUT2D eigenvalue weighted by molar-refractivity contribution is 7.92. The monoisotopic (exact) mass is 435 g/mol. The number of nitrogens with zero attached hydrogens (tertiary/aromatic N) is 1. The van der Waals surface area contributed by atoms with E-state index in [0.717, 1.165) is 11.1 Å². The number of anilines is 2. The number of fused-ring (bicyclic) bond motifs is 1. The Balaban J connectivity index is 1.57. The maximum atomic E-state index is 12.1. The zero-order valence-corrected chi connectivity index (χ0v) is 17.5. The van der Waals surface area contributed by atoms with Crippen LogP contribution in [-0.2, 0) is 32.5 Å². The molecule has 1 aliphatic heterocycles. The molecule has 0 saturated carbocycles. The van der Waals surface area contributed by atoms with Crippen LogP contribution in [0.3, 0.4) is 0 Å². The van der Waals surface area contributed by atoms with Gasteiger partial charge in [0.1, 0.15) is 0 Å². The highest BCUT2D eigenvalue weighted by Crippen LogP contribution is 2.31. The normalized spacial score (nSPS) is 13.5. The summed E-state index contributed by atoms with van der Waals surface area (Å²) in [5, 5.41) is 5.79. The summed E-state index contributed by atoms with van der Waals surface area (Å²) in [5.74, 6) is -1.49. The van der Waals surface area contributed by atoms with Crippen LogP contribution in [0.15, 0.2) is 42.5 Å². The van der Waals surface area contributed by atoms with Crippen molar-refractivity contribution >= 4 is 44.8 Å². The van der Waals surface area contributed by atoms with Crippen LogP contribution < -0.4 is 14.9 Å². The molecular formula is C20H22ClN3O4S. The molecular weight excluding hydrogens is 414 g/mol. The quantitative estimate of drug-likeness (QED) is 0.704. The molecule has 2 aromatic carbocycles. The molecule has 0 fully saturated rings. The van der Waals surface area contributed by atoms with Crippen molar-refractivity contribution in [3.63, 3.8) is 0 Å². The van der Waals surface area contributed by atoms with E-state index in [2.05, 4.69) is 10.6 Å². The van der Waals surface area contributed by atoms with Crippen molar-refractivity contribution in [3.8, 4) is 0 Å². The van der Waals surface area contributed by atoms with Gasteiger partial charge < -0.3 is 10.6 Å². The first-order valence-corrected chi connectivity index (χ1v) is 11.4. The van der Waals surface area contributed by atoms with Crippen molar-refractivity contribution in [2.24, 2.45) is 0 Å². The summed E-state index contributed by atoms with van der Waals surface area (Å²) in [4.78, 5) is 24.2. The third-order valence-corrected chi connectivity index (χ3v) is 6.06. The van der Waals surface area contributed by atoms with Gasteiger partial charge >= 0.3 is 11.8 Å². The number of aryl methyl sites for hydroxylation is 1. The standard InChI is InChI=1S/C20H22ClN3O4S/c1-29(27,28)24-12-2-3-15-13-17(8-9-18(15)24)23-20(26)19(25)22-11-10-14-4-6-16(21)7-5-14/h4-9,13H,2-3,10-12H2,1H3,(H,22,25)(H,23,26). The van der Waals surface area contributed by atoms with Crippen molar-refractivity contribution in [1.29, 1.82) is 0 Å². The van der Waals surface area contributed by atoms with Gasteiger partial charge in [-0.05, 0) is 60.7 Å². The lowest BCUT2D eigenvalue weighted by molar-refractivity contribution is -0.136. The Hall–Kier alpha value is -2.58. The summed E-state index contributed by atoms with van der Waals surface area (Å²) in [7, 11) is -3.35.